The van der Waals surface area contributed by atoms with Crippen LogP contribution >= 0.6 is 22.9 Å². The van der Waals surface area contributed by atoms with Crippen molar-refractivity contribution in [2.24, 2.45) is 0 Å². The van der Waals surface area contributed by atoms with Crippen molar-refractivity contribution in [3.05, 3.63) is 50.7 Å². The fourth-order valence-corrected chi connectivity index (χ4v) is 2.69. The van der Waals surface area contributed by atoms with Gasteiger partial charge >= 0.3 is 6.18 Å². The van der Waals surface area contributed by atoms with Crippen molar-refractivity contribution in [3.8, 4) is 0 Å². The molecule has 0 amide bonds. The molecule has 2 rings (SSSR count). The second-order valence-corrected chi connectivity index (χ2v) is 5.48. The van der Waals surface area contributed by atoms with E-state index in [1.165, 1.54) is 6.07 Å². The summed E-state index contributed by atoms with van der Waals surface area (Å²) in [6, 6.07) is 5.31. The highest BCUT2D eigenvalue weighted by Crippen LogP contribution is 2.34. The summed E-state index contributed by atoms with van der Waals surface area (Å²) in [5.74, 6) is 0. The molecular weight excluding hydrogens is 295 g/mol. The highest BCUT2D eigenvalue weighted by atomic mass is 35.5. The van der Waals surface area contributed by atoms with E-state index in [9.17, 15) is 13.2 Å². The van der Waals surface area contributed by atoms with Crippen LogP contribution in [0.15, 0.2) is 29.6 Å². The summed E-state index contributed by atoms with van der Waals surface area (Å²) in [6.07, 6.45) is -4.37. The van der Waals surface area contributed by atoms with Crippen LogP contribution in [0.25, 0.3) is 0 Å². The van der Waals surface area contributed by atoms with E-state index in [4.69, 9.17) is 11.6 Å². The molecular formula is C13H11ClF3NS. The van der Waals surface area contributed by atoms with E-state index >= 15 is 0 Å². The van der Waals surface area contributed by atoms with E-state index in [1.54, 1.807) is 11.3 Å². The maximum Gasteiger partial charge on any atom is 0.416 e. The number of anilines is 1. The molecule has 1 nitrogen and oxygen atoms in total. The SMILES string of the molecule is Cc1ccsc1CNc1ccc(C(F)(F)F)cc1Cl. The molecule has 0 aliphatic rings. The first kappa shape index (κ1) is 14.2. The quantitative estimate of drug-likeness (QED) is 0.807. The number of hydrogen-bond donors (Lipinski definition) is 1. The molecule has 0 aliphatic carbocycles. The lowest BCUT2D eigenvalue weighted by atomic mass is 10.2. The van der Waals surface area contributed by atoms with Crippen LogP contribution in [0, 0.1) is 6.92 Å². The fourth-order valence-electron chi connectivity index (χ4n) is 1.60. The monoisotopic (exact) mass is 305 g/mol. The maximum absolute atomic E-state index is 12.5. The molecule has 19 heavy (non-hydrogen) atoms. The van der Waals surface area contributed by atoms with Gasteiger partial charge in [-0.25, -0.2) is 0 Å². The molecule has 1 heterocycles. The smallest absolute Gasteiger partial charge is 0.379 e. The molecule has 0 unspecified atom stereocenters. The Morgan fingerprint density at radius 3 is 2.53 bits per heavy atom. The standard InChI is InChI=1S/C13H11ClF3NS/c1-8-4-5-19-12(8)7-18-11-3-2-9(6-10(11)14)13(15,16)17/h2-6,18H,7H2,1H3. The van der Waals surface area contributed by atoms with Crippen LogP contribution in [0.5, 0.6) is 0 Å². The number of rotatable bonds is 3. The first-order valence-electron chi connectivity index (χ1n) is 5.51. The highest BCUT2D eigenvalue weighted by Gasteiger charge is 2.30. The Morgan fingerprint density at radius 2 is 2.00 bits per heavy atom. The molecule has 0 fully saturated rings. The van der Waals surface area contributed by atoms with Gasteiger partial charge in [-0.3, -0.25) is 0 Å². The summed E-state index contributed by atoms with van der Waals surface area (Å²) < 4.78 is 37.5. The molecule has 1 N–H and O–H groups in total. The lowest BCUT2D eigenvalue weighted by Gasteiger charge is -2.11. The zero-order valence-electron chi connectivity index (χ0n) is 10.0. The average molecular weight is 306 g/mol. The predicted octanol–water partition coefficient (Wildman–Crippen LogP) is 5.34. The lowest BCUT2D eigenvalue weighted by Crippen LogP contribution is -2.06. The Kier molecular flexibility index (Phi) is 4.06. The number of halogens is 4. The number of benzene rings is 1. The van der Waals surface area contributed by atoms with Crippen LogP contribution in [0.2, 0.25) is 5.02 Å². The normalized spacial score (nSPS) is 11.6. The van der Waals surface area contributed by atoms with Gasteiger partial charge in [0.1, 0.15) is 0 Å². The number of thiophene rings is 1. The molecule has 1 aromatic carbocycles. The molecule has 0 radical (unpaired) electrons. The summed E-state index contributed by atoms with van der Waals surface area (Å²) in [5, 5.41) is 5.09. The summed E-state index contributed by atoms with van der Waals surface area (Å²) >= 11 is 7.45. The van der Waals surface area contributed by atoms with Gasteiger partial charge in [0.05, 0.1) is 16.3 Å². The Hall–Kier alpha value is -1.20. The van der Waals surface area contributed by atoms with E-state index in [0.717, 1.165) is 22.6 Å². The minimum atomic E-state index is -4.37. The van der Waals surface area contributed by atoms with Crippen molar-refractivity contribution in [2.75, 3.05) is 5.32 Å². The number of alkyl halides is 3. The summed E-state index contributed by atoms with van der Waals surface area (Å²) in [5.41, 5.74) is 0.915. The third kappa shape index (κ3) is 3.42. The van der Waals surface area contributed by atoms with Gasteiger partial charge in [-0.05, 0) is 42.1 Å². The fraction of sp³-hybridized carbons (Fsp3) is 0.231. The number of nitrogens with one attached hydrogen (secondary N) is 1. The molecule has 0 saturated carbocycles. The molecule has 0 spiro atoms. The topological polar surface area (TPSA) is 12.0 Å². The van der Waals surface area contributed by atoms with Gasteiger partial charge in [-0.1, -0.05) is 11.6 Å². The van der Waals surface area contributed by atoms with Crippen LogP contribution in [0.4, 0.5) is 18.9 Å². The molecule has 2 aromatic rings. The van der Waals surface area contributed by atoms with Crippen LogP contribution in [0.3, 0.4) is 0 Å². The first-order chi connectivity index (χ1) is 8.88. The third-order valence-corrected chi connectivity index (χ3v) is 4.04. The minimum Gasteiger partial charge on any atom is -0.379 e. The molecule has 0 bridgehead atoms. The molecule has 1 aromatic heterocycles. The number of aryl methyl sites for hydroxylation is 1. The Labute approximate surface area is 118 Å². The van der Waals surface area contributed by atoms with Crippen LogP contribution < -0.4 is 5.32 Å². The molecule has 0 aliphatic heterocycles. The Bertz CT molecular complexity index is 578. The third-order valence-electron chi connectivity index (χ3n) is 2.70. The number of hydrogen-bond acceptors (Lipinski definition) is 2. The zero-order valence-corrected chi connectivity index (χ0v) is 11.6. The van der Waals surface area contributed by atoms with E-state index < -0.39 is 11.7 Å². The summed E-state index contributed by atoms with van der Waals surface area (Å²) in [4.78, 5) is 1.14. The Balaban J connectivity index is 2.12. The second kappa shape index (κ2) is 5.43. The van der Waals surface area contributed by atoms with Gasteiger partial charge in [0.2, 0.25) is 0 Å². The average Bonchev–Trinajstić information content (AvgIpc) is 2.72. The minimum absolute atomic E-state index is 0.0732. The van der Waals surface area contributed by atoms with E-state index in [2.05, 4.69) is 5.32 Å². The largest absolute Gasteiger partial charge is 0.416 e. The first-order valence-corrected chi connectivity index (χ1v) is 6.77. The van der Waals surface area contributed by atoms with Crippen molar-refractivity contribution in [1.82, 2.24) is 0 Å². The van der Waals surface area contributed by atoms with Crippen LogP contribution in [-0.2, 0) is 12.7 Å². The van der Waals surface area contributed by atoms with Crippen molar-refractivity contribution < 1.29 is 13.2 Å². The predicted molar refractivity (Wildman–Crippen MR) is 72.8 cm³/mol. The maximum atomic E-state index is 12.5. The van der Waals surface area contributed by atoms with E-state index in [0.29, 0.717) is 12.2 Å². The van der Waals surface area contributed by atoms with Crippen molar-refractivity contribution in [3.63, 3.8) is 0 Å². The van der Waals surface area contributed by atoms with Crippen molar-refractivity contribution >= 4 is 28.6 Å². The van der Waals surface area contributed by atoms with Crippen molar-refractivity contribution in [2.45, 2.75) is 19.6 Å². The lowest BCUT2D eigenvalue weighted by molar-refractivity contribution is -0.137. The van der Waals surface area contributed by atoms with Crippen molar-refractivity contribution in [1.29, 1.82) is 0 Å². The molecule has 102 valence electrons. The van der Waals surface area contributed by atoms with E-state index in [1.807, 2.05) is 18.4 Å². The molecule has 0 saturated heterocycles. The van der Waals surface area contributed by atoms with Crippen LogP contribution in [-0.4, -0.2) is 0 Å². The molecule has 6 heteroatoms. The van der Waals surface area contributed by atoms with E-state index in [-0.39, 0.29) is 5.02 Å². The van der Waals surface area contributed by atoms with Gasteiger partial charge in [-0.15, -0.1) is 11.3 Å². The highest BCUT2D eigenvalue weighted by molar-refractivity contribution is 7.10. The van der Waals surface area contributed by atoms with Gasteiger partial charge in [0.25, 0.3) is 0 Å². The zero-order chi connectivity index (χ0) is 14.0. The van der Waals surface area contributed by atoms with Gasteiger partial charge in [-0.2, -0.15) is 13.2 Å². The second-order valence-electron chi connectivity index (χ2n) is 4.07. The summed E-state index contributed by atoms with van der Waals surface area (Å²) in [6.45, 7) is 2.54. The molecule has 0 atom stereocenters. The van der Waals surface area contributed by atoms with Gasteiger partial charge < -0.3 is 5.32 Å². The van der Waals surface area contributed by atoms with Gasteiger partial charge in [0.15, 0.2) is 0 Å². The summed E-state index contributed by atoms with van der Waals surface area (Å²) in [7, 11) is 0. The van der Waals surface area contributed by atoms with Crippen LogP contribution in [0.1, 0.15) is 16.0 Å². The van der Waals surface area contributed by atoms with Gasteiger partial charge in [0, 0.05) is 11.4 Å². The Morgan fingerprint density at radius 1 is 1.26 bits per heavy atom.